The minimum absolute atomic E-state index is 1.62. The largest absolute Gasteiger partial charge is 0.359 e. The lowest BCUT2D eigenvalue weighted by Crippen LogP contribution is -1.92. The zero-order chi connectivity index (χ0) is 4.24. The molecule has 0 aromatic rings. The lowest BCUT2D eigenvalue weighted by Gasteiger charge is -1.90. The van der Waals surface area contributed by atoms with E-state index in [1.807, 2.05) is 17.0 Å². The summed E-state index contributed by atoms with van der Waals surface area (Å²) in [4.78, 5) is 0. The van der Waals surface area contributed by atoms with Gasteiger partial charge in [-0.1, -0.05) is 0 Å². The molecule has 0 aromatic heterocycles. The van der Waals surface area contributed by atoms with Gasteiger partial charge in [-0.25, -0.2) is 0 Å². The van der Waals surface area contributed by atoms with Crippen molar-refractivity contribution in [1.82, 2.24) is 5.32 Å². The van der Waals surface area contributed by atoms with Crippen LogP contribution in [0.1, 0.15) is 0 Å². The molecule has 0 fully saturated rings. The van der Waals surface area contributed by atoms with Crippen LogP contribution in [0, 0.1) is 6.20 Å². The van der Waals surface area contributed by atoms with Crippen LogP contribution < -0.4 is 5.32 Å². The van der Waals surface area contributed by atoms with Gasteiger partial charge in [0.25, 0.3) is 0 Å². The van der Waals surface area contributed by atoms with Crippen molar-refractivity contribution < 1.29 is 0 Å². The molecule has 0 atom stereocenters. The third-order valence-electron chi connectivity index (χ3n) is 0.440. The van der Waals surface area contributed by atoms with Crippen molar-refractivity contribution >= 4 is 11.8 Å². The molecule has 1 N–H and O–H groups in total. The molecule has 1 rings (SSSR count). The molecule has 31 valence electrons. The first-order chi connectivity index (χ1) is 3.00. The fourth-order valence-electron chi connectivity index (χ4n) is 0.229. The van der Waals surface area contributed by atoms with E-state index in [1.54, 1.807) is 11.8 Å². The second-order valence-electron chi connectivity index (χ2n) is 0.845. The van der Waals surface area contributed by atoms with Crippen molar-refractivity contribution in [3.8, 4) is 0 Å². The molecule has 0 saturated heterocycles. The highest BCUT2D eigenvalue weighted by atomic mass is 32.2. The summed E-state index contributed by atoms with van der Waals surface area (Å²) in [7, 11) is 0. The average Bonchev–Trinajstić information content (AvgIpc) is 1.72. The zero-order valence-electron chi connectivity index (χ0n) is 3.14. The van der Waals surface area contributed by atoms with Crippen molar-refractivity contribution in [3.05, 3.63) is 23.2 Å². The SMILES string of the molecule is [C]1=CSC=CN1. The highest BCUT2D eigenvalue weighted by Crippen LogP contribution is 2.03. The molecule has 0 bridgehead atoms. The van der Waals surface area contributed by atoms with E-state index in [4.69, 9.17) is 0 Å². The molecule has 1 aliphatic rings. The molecule has 2 heteroatoms. The van der Waals surface area contributed by atoms with E-state index in [-0.39, 0.29) is 0 Å². The highest BCUT2D eigenvalue weighted by molar-refractivity contribution is 8.04. The molecule has 1 heterocycles. The molecule has 6 heavy (non-hydrogen) atoms. The van der Waals surface area contributed by atoms with Crippen LogP contribution in [-0.2, 0) is 0 Å². The van der Waals surface area contributed by atoms with Gasteiger partial charge in [0.2, 0.25) is 0 Å². The van der Waals surface area contributed by atoms with Crippen molar-refractivity contribution in [2.45, 2.75) is 0 Å². The van der Waals surface area contributed by atoms with Crippen molar-refractivity contribution in [2.75, 3.05) is 0 Å². The van der Waals surface area contributed by atoms with Crippen LogP contribution >= 0.6 is 11.8 Å². The molecule has 0 spiro atoms. The number of rotatable bonds is 0. The average molecular weight is 98.1 g/mol. The molecular formula is C4H4NS. The summed E-state index contributed by atoms with van der Waals surface area (Å²) in [6, 6.07) is 0. The number of thioether (sulfide) groups is 1. The molecule has 1 nitrogen and oxygen atoms in total. The standard InChI is InChI=1S/C4H4NS/c1-3-6-4-2-5-1/h1,3-5H. The Kier molecular flexibility index (Phi) is 1.22. The summed E-state index contributed by atoms with van der Waals surface area (Å²) < 4.78 is 0. The summed E-state index contributed by atoms with van der Waals surface area (Å²) in [6.45, 7) is 0. The quantitative estimate of drug-likeness (QED) is 0.486. The maximum absolute atomic E-state index is 2.79. The second-order valence-corrected chi connectivity index (χ2v) is 1.63. The fraction of sp³-hybridized carbons (Fsp3) is 0. The summed E-state index contributed by atoms with van der Waals surface area (Å²) in [5.74, 6) is 0. The minimum atomic E-state index is 1.62. The summed E-state index contributed by atoms with van der Waals surface area (Å²) >= 11 is 1.62. The second kappa shape index (κ2) is 1.92. The highest BCUT2D eigenvalue weighted by Gasteiger charge is 1.75. The Hall–Kier alpha value is -0.370. The molecule has 0 unspecified atom stereocenters. The first-order valence-corrected chi connectivity index (χ1v) is 2.57. The first-order valence-electron chi connectivity index (χ1n) is 1.63. The van der Waals surface area contributed by atoms with Gasteiger partial charge >= 0.3 is 0 Å². The molecule has 0 saturated carbocycles. The van der Waals surface area contributed by atoms with Crippen LogP contribution in [0.25, 0.3) is 0 Å². The fourth-order valence-corrected chi connectivity index (χ4v) is 0.590. The van der Waals surface area contributed by atoms with Gasteiger partial charge in [0.05, 0.1) is 6.20 Å². The van der Waals surface area contributed by atoms with Gasteiger partial charge in [-0.05, 0) is 5.41 Å². The van der Waals surface area contributed by atoms with Crippen LogP contribution in [0.3, 0.4) is 0 Å². The molecule has 0 aliphatic carbocycles. The van der Waals surface area contributed by atoms with Gasteiger partial charge in [0.15, 0.2) is 0 Å². The summed E-state index contributed by atoms with van der Waals surface area (Å²) in [5, 5.41) is 6.59. The molecular weight excluding hydrogens is 94.1 g/mol. The number of hydrogen-bond donors (Lipinski definition) is 1. The van der Waals surface area contributed by atoms with Gasteiger partial charge in [-0.15, -0.1) is 11.8 Å². The van der Waals surface area contributed by atoms with E-state index in [9.17, 15) is 0 Å². The molecule has 0 aromatic carbocycles. The van der Waals surface area contributed by atoms with E-state index >= 15 is 0 Å². The van der Waals surface area contributed by atoms with E-state index < -0.39 is 0 Å². The van der Waals surface area contributed by atoms with Gasteiger partial charge in [0, 0.05) is 11.6 Å². The molecule has 0 amide bonds. The first kappa shape index (κ1) is 3.81. The van der Waals surface area contributed by atoms with Crippen LogP contribution in [0.4, 0.5) is 0 Å². The number of nitrogens with one attached hydrogen (secondary N) is 1. The van der Waals surface area contributed by atoms with Gasteiger partial charge in [-0.3, -0.25) is 0 Å². The smallest absolute Gasteiger partial charge is 0.0691 e. The minimum Gasteiger partial charge on any atom is -0.359 e. The van der Waals surface area contributed by atoms with E-state index in [2.05, 4.69) is 11.5 Å². The van der Waals surface area contributed by atoms with E-state index in [0.29, 0.717) is 0 Å². The monoisotopic (exact) mass is 98.0 g/mol. The Morgan fingerprint density at radius 2 is 2.67 bits per heavy atom. The van der Waals surface area contributed by atoms with E-state index in [0.717, 1.165) is 0 Å². The van der Waals surface area contributed by atoms with Crippen molar-refractivity contribution in [2.24, 2.45) is 0 Å². The van der Waals surface area contributed by atoms with Gasteiger partial charge < -0.3 is 5.32 Å². The van der Waals surface area contributed by atoms with Crippen molar-refractivity contribution in [3.63, 3.8) is 0 Å². The molecule has 1 aliphatic heterocycles. The Morgan fingerprint density at radius 1 is 1.67 bits per heavy atom. The third kappa shape index (κ3) is 0.792. The predicted octanol–water partition coefficient (Wildman–Crippen LogP) is 1.07. The summed E-state index contributed by atoms with van der Waals surface area (Å²) in [6.07, 6.45) is 4.62. The van der Waals surface area contributed by atoms with Crippen molar-refractivity contribution in [1.29, 1.82) is 0 Å². The van der Waals surface area contributed by atoms with Gasteiger partial charge in [0.1, 0.15) is 0 Å². The van der Waals surface area contributed by atoms with Crippen LogP contribution in [0.15, 0.2) is 17.0 Å². The maximum Gasteiger partial charge on any atom is 0.0691 e. The van der Waals surface area contributed by atoms with Crippen LogP contribution in [-0.4, -0.2) is 0 Å². The Balaban J connectivity index is 2.40. The van der Waals surface area contributed by atoms with Gasteiger partial charge in [-0.2, -0.15) is 0 Å². The Morgan fingerprint density at radius 3 is 2.83 bits per heavy atom. The Labute approximate surface area is 41.1 Å². The normalized spacial score (nSPS) is 17.3. The summed E-state index contributed by atoms with van der Waals surface area (Å²) in [5.41, 5.74) is 0. The Bertz CT molecular complexity index is 65.5. The van der Waals surface area contributed by atoms with Crippen LogP contribution in [0.2, 0.25) is 0 Å². The number of hydrogen-bond acceptors (Lipinski definition) is 2. The lowest BCUT2D eigenvalue weighted by atomic mass is 10.9. The van der Waals surface area contributed by atoms with Crippen LogP contribution in [0.5, 0.6) is 0 Å². The maximum atomic E-state index is 2.79. The lowest BCUT2D eigenvalue weighted by molar-refractivity contribution is 1.16. The third-order valence-corrected chi connectivity index (χ3v) is 0.987. The zero-order valence-corrected chi connectivity index (χ0v) is 3.96. The topological polar surface area (TPSA) is 12.0 Å². The van der Waals surface area contributed by atoms with E-state index in [1.165, 1.54) is 0 Å². The predicted molar refractivity (Wildman–Crippen MR) is 27.7 cm³/mol. The molecule has 1 radical (unpaired) electrons.